The zero-order valence-corrected chi connectivity index (χ0v) is 16.9. The molecule has 1 aromatic heterocycles. The van der Waals surface area contributed by atoms with Crippen LogP contribution in [0.5, 0.6) is 0 Å². The second-order valence-corrected chi connectivity index (χ2v) is 7.97. The Morgan fingerprint density at radius 2 is 1.80 bits per heavy atom. The van der Waals surface area contributed by atoms with Crippen LogP contribution in [-0.2, 0) is 4.79 Å². The summed E-state index contributed by atoms with van der Waals surface area (Å²) in [5.74, 6) is 0.107. The van der Waals surface area contributed by atoms with Gasteiger partial charge >= 0.3 is 6.03 Å². The molecule has 1 saturated carbocycles. The molecule has 1 aliphatic heterocycles. The second-order valence-electron chi connectivity index (χ2n) is 7.97. The van der Waals surface area contributed by atoms with Gasteiger partial charge in [0.2, 0.25) is 5.91 Å². The zero-order chi connectivity index (χ0) is 21.1. The molecule has 0 bridgehead atoms. The summed E-state index contributed by atoms with van der Waals surface area (Å²) >= 11 is 0. The van der Waals surface area contributed by atoms with Crippen LogP contribution in [0.2, 0.25) is 0 Å². The molecule has 1 aromatic carbocycles. The number of hydrogen-bond donors (Lipinski definition) is 3. The van der Waals surface area contributed by atoms with Crippen molar-refractivity contribution >= 4 is 29.2 Å². The molecule has 158 valence electrons. The molecule has 1 saturated heterocycles. The van der Waals surface area contributed by atoms with Gasteiger partial charge < -0.3 is 25.3 Å². The number of nitrogens with one attached hydrogen (secondary N) is 3. The Kier molecular flexibility index (Phi) is 5.74. The first-order chi connectivity index (χ1) is 14.5. The van der Waals surface area contributed by atoms with Gasteiger partial charge in [0.1, 0.15) is 6.26 Å². The van der Waals surface area contributed by atoms with Crippen LogP contribution in [0, 0.1) is 12.8 Å². The Morgan fingerprint density at radius 1 is 1.03 bits per heavy atom. The van der Waals surface area contributed by atoms with E-state index in [2.05, 4.69) is 16.0 Å². The summed E-state index contributed by atoms with van der Waals surface area (Å²) in [5.41, 5.74) is 2.80. The molecule has 8 nitrogen and oxygen atoms in total. The average Bonchev–Trinajstić information content (AvgIpc) is 3.45. The Labute approximate surface area is 175 Å². The van der Waals surface area contributed by atoms with Crippen molar-refractivity contribution in [2.24, 2.45) is 5.92 Å². The van der Waals surface area contributed by atoms with Crippen molar-refractivity contribution in [2.75, 3.05) is 23.7 Å². The van der Waals surface area contributed by atoms with E-state index in [0.29, 0.717) is 42.9 Å². The quantitative estimate of drug-likeness (QED) is 0.703. The van der Waals surface area contributed by atoms with E-state index in [4.69, 9.17) is 4.42 Å². The monoisotopic (exact) mass is 410 g/mol. The summed E-state index contributed by atoms with van der Waals surface area (Å²) in [6.45, 7) is 3.06. The first-order valence-electron chi connectivity index (χ1n) is 10.3. The van der Waals surface area contributed by atoms with Gasteiger partial charge in [-0.15, -0.1) is 0 Å². The van der Waals surface area contributed by atoms with Gasteiger partial charge in [-0.2, -0.15) is 0 Å². The molecule has 8 heteroatoms. The third kappa shape index (κ3) is 4.82. The molecular weight excluding hydrogens is 384 g/mol. The van der Waals surface area contributed by atoms with E-state index in [0.717, 1.165) is 18.4 Å². The highest BCUT2D eigenvalue weighted by atomic mass is 16.3. The Bertz CT molecular complexity index is 929. The normalized spacial score (nSPS) is 16.8. The average molecular weight is 410 g/mol. The highest BCUT2D eigenvalue weighted by molar-refractivity contribution is 5.96. The number of rotatable bonds is 5. The molecule has 2 aliphatic rings. The zero-order valence-electron chi connectivity index (χ0n) is 16.9. The van der Waals surface area contributed by atoms with Gasteiger partial charge in [-0.1, -0.05) is 6.07 Å². The molecule has 1 aliphatic carbocycles. The van der Waals surface area contributed by atoms with Crippen molar-refractivity contribution < 1.29 is 18.8 Å². The second kappa shape index (κ2) is 8.61. The van der Waals surface area contributed by atoms with Crippen LogP contribution >= 0.6 is 0 Å². The number of nitrogens with zero attached hydrogens (tertiary/aromatic N) is 1. The number of carbonyl (C=O) groups excluding carboxylic acids is 3. The molecule has 0 radical (unpaired) electrons. The summed E-state index contributed by atoms with van der Waals surface area (Å²) in [6, 6.07) is 6.86. The number of anilines is 2. The van der Waals surface area contributed by atoms with Crippen molar-refractivity contribution in [2.45, 2.75) is 38.6 Å². The Balaban J connectivity index is 1.27. The minimum Gasteiger partial charge on any atom is -0.472 e. The van der Waals surface area contributed by atoms with Crippen molar-refractivity contribution in [3.63, 3.8) is 0 Å². The lowest BCUT2D eigenvalue weighted by Crippen LogP contribution is -2.47. The van der Waals surface area contributed by atoms with Gasteiger partial charge in [0, 0.05) is 36.4 Å². The minimum absolute atomic E-state index is 0.00328. The van der Waals surface area contributed by atoms with Crippen LogP contribution in [0.15, 0.2) is 41.2 Å². The number of furan rings is 1. The molecule has 0 unspecified atom stereocenters. The van der Waals surface area contributed by atoms with E-state index in [1.807, 2.05) is 19.1 Å². The van der Waals surface area contributed by atoms with Gasteiger partial charge in [0.15, 0.2) is 0 Å². The molecule has 3 N–H and O–H groups in total. The molecule has 0 spiro atoms. The van der Waals surface area contributed by atoms with Crippen molar-refractivity contribution in [3.05, 3.63) is 47.9 Å². The molecule has 2 aromatic rings. The van der Waals surface area contributed by atoms with E-state index >= 15 is 0 Å². The van der Waals surface area contributed by atoms with E-state index in [1.54, 1.807) is 17.0 Å². The Morgan fingerprint density at radius 3 is 2.47 bits per heavy atom. The number of aryl methyl sites for hydroxylation is 1. The van der Waals surface area contributed by atoms with E-state index < -0.39 is 0 Å². The van der Waals surface area contributed by atoms with Crippen molar-refractivity contribution in [1.29, 1.82) is 0 Å². The summed E-state index contributed by atoms with van der Waals surface area (Å²) in [7, 11) is 0. The lowest BCUT2D eigenvalue weighted by atomic mass is 10.0. The lowest BCUT2D eigenvalue weighted by Gasteiger charge is -2.32. The highest BCUT2D eigenvalue weighted by Gasteiger charge is 2.29. The smallest absolute Gasteiger partial charge is 0.319 e. The molecule has 2 fully saturated rings. The number of benzene rings is 1. The van der Waals surface area contributed by atoms with E-state index in [9.17, 15) is 14.4 Å². The van der Waals surface area contributed by atoms with Gasteiger partial charge in [-0.05, 0) is 56.4 Å². The maximum absolute atomic E-state index is 12.5. The number of hydrogen-bond acceptors (Lipinski definition) is 4. The third-order valence-electron chi connectivity index (χ3n) is 5.59. The highest BCUT2D eigenvalue weighted by Crippen LogP contribution is 2.30. The van der Waals surface area contributed by atoms with Crippen molar-refractivity contribution in [3.8, 4) is 0 Å². The number of amides is 4. The largest absolute Gasteiger partial charge is 0.472 e. The summed E-state index contributed by atoms with van der Waals surface area (Å²) in [6.07, 6.45) is 6.19. The molecule has 4 rings (SSSR count). The summed E-state index contributed by atoms with van der Waals surface area (Å²) in [5, 5.41) is 8.76. The fraction of sp³-hybridized carbons (Fsp3) is 0.409. The predicted molar refractivity (Wildman–Crippen MR) is 112 cm³/mol. The van der Waals surface area contributed by atoms with Gasteiger partial charge in [0.05, 0.1) is 11.8 Å². The minimum atomic E-state index is -0.289. The van der Waals surface area contributed by atoms with Crippen LogP contribution in [-0.4, -0.2) is 41.9 Å². The molecule has 2 heterocycles. The standard InChI is InChI=1S/C22H26N4O4/c1-14-2-5-18(23-20(27)15-3-4-15)12-19(14)25-22(29)24-17-6-9-26(10-7-17)21(28)16-8-11-30-13-16/h2,5,8,11-13,15,17H,3-4,6-7,9-10H2,1H3,(H,23,27)(H2,24,25,29). The fourth-order valence-electron chi connectivity index (χ4n) is 3.56. The van der Waals surface area contributed by atoms with E-state index in [-0.39, 0.29) is 29.8 Å². The number of likely N-dealkylation sites (tertiary alicyclic amines) is 1. The molecule has 0 atom stereocenters. The van der Waals surface area contributed by atoms with Gasteiger partial charge in [-0.3, -0.25) is 9.59 Å². The van der Waals surface area contributed by atoms with E-state index in [1.165, 1.54) is 12.5 Å². The lowest BCUT2D eigenvalue weighted by molar-refractivity contribution is -0.117. The van der Waals surface area contributed by atoms with Crippen LogP contribution in [0.1, 0.15) is 41.6 Å². The maximum atomic E-state index is 12.5. The summed E-state index contributed by atoms with van der Waals surface area (Å²) in [4.78, 5) is 38.6. The molecule has 30 heavy (non-hydrogen) atoms. The molecular formula is C22H26N4O4. The first-order valence-corrected chi connectivity index (χ1v) is 10.3. The Hall–Kier alpha value is -3.29. The van der Waals surface area contributed by atoms with Gasteiger partial charge in [-0.25, -0.2) is 4.79 Å². The third-order valence-corrected chi connectivity index (χ3v) is 5.59. The topological polar surface area (TPSA) is 104 Å². The first kappa shape index (κ1) is 20.0. The number of urea groups is 1. The fourth-order valence-corrected chi connectivity index (χ4v) is 3.56. The summed E-state index contributed by atoms with van der Waals surface area (Å²) < 4.78 is 4.97. The number of piperidine rings is 1. The predicted octanol–water partition coefficient (Wildman–Crippen LogP) is 3.36. The number of carbonyl (C=O) groups is 3. The molecule has 4 amide bonds. The van der Waals surface area contributed by atoms with Crippen molar-refractivity contribution in [1.82, 2.24) is 10.2 Å². The van der Waals surface area contributed by atoms with Crippen LogP contribution in [0.4, 0.5) is 16.2 Å². The van der Waals surface area contributed by atoms with Crippen LogP contribution in [0.25, 0.3) is 0 Å². The van der Waals surface area contributed by atoms with Gasteiger partial charge in [0.25, 0.3) is 5.91 Å². The van der Waals surface area contributed by atoms with Crippen LogP contribution < -0.4 is 16.0 Å². The SMILES string of the molecule is Cc1ccc(NC(=O)C2CC2)cc1NC(=O)NC1CCN(C(=O)c2ccoc2)CC1. The maximum Gasteiger partial charge on any atom is 0.319 e. The van der Waals surface area contributed by atoms with Crippen LogP contribution in [0.3, 0.4) is 0 Å².